The van der Waals surface area contributed by atoms with Gasteiger partial charge in [-0.05, 0) is 12.1 Å². The summed E-state index contributed by atoms with van der Waals surface area (Å²) in [6.07, 6.45) is 7.93. The van der Waals surface area contributed by atoms with E-state index < -0.39 is 5.97 Å². The maximum absolute atomic E-state index is 10.2. The number of nitrogens with one attached hydrogen (secondary N) is 1. The van der Waals surface area contributed by atoms with E-state index in [2.05, 4.69) is 15.0 Å². The summed E-state index contributed by atoms with van der Waals surface area (Å²) >= 11 is 0. The Balaban J connectivity index is 0.000000165. The molecule has 0 fully saturated rings. The molecular weight excluding hydrogens is 182 g/mol. The molecule has 2 heterocycles. The van der Waals surface area contributed by atoms with Gasteiger partial charge in [0.1, 0.15) is 0 Å². The van der Waals surface area contributed by atoms with Crippen molar-refractivity contribution in [3.8, 4) is 0 Å². The Kier molecular flexibility index (Phi) is 3.87. The molecule has 0 amide bonds. The number of nitrogens with zero attached hydrogens (tertiary/aromatic N) is 2. The molecule has 0 aliphatic carbocycles. The number of aromatic carboxylic acids is 1. The average Bonchev–Trinajstić information content (AvgIpc) is 2.77. The number of aromatic nitrogens is 3. The number of rotatable bonds is 1. The Bertz CT molecular complexity index is 342. The summed E-state index contributed by atoms with van der Waals surface area (Å²) in [7, 11) is 0. The van der Waals surface area contributed by atoms with Gasteiger partial charge in [-0.25, -0.2) is 9.78 Å². The number of aromatic amines is 1. The second-order valence-corrected chi connectivity index (χ2v) is 2.31. The molecule has 0 aliphatic rings. The van der Waals surface area contributed by atoms with Crippen molar-refractivity contribution in [3.63, 3.8) is 0 Å². The highest BCUT2D eigenvalue weighted by Crippen LogP contribution is 1.92. The second kappa shape index (κ2) is 5.47. The van der Waals surface area contributed by atoms with Crippen LogP contribution in [0.4, 0.5) is 0 Å². The van der Waals surface area contributed by atoms with E-state index in [0.717, 1.165) is 0 Å². The summed E-state index contributed by atoms with van der Waals surface area (Å²) in [5.74, 6) is -0.942. The first-order chi connectivity index (χ1) is 6.80. The SMILES string of the molecule is O=C(O)c1cccnc1.c1c[nH]cn1. The van der Waals surface area contributed by atoms with Gasteiger partial charge < -0.3 is 10.1 Å². The lowest BCUT2D eigenvalue weighted by atomic mass is 10.3. The number of H-pyrrole nitrogens is 1. The minimum atomic E-state index is -0.942. The fraction of sp³-hybridized carbons (Fsp3) is 0. The first-order valence-electron chi connectivity index (χ1n) is 3.87. The highest BCUT2D eigenvalue weighted by atomic mass is 16.4. The van der Waals surface area contributed by atoms with Gasteiger partial charge in [0, 0.05) is 24.8 Å². The Morgan fingerprint density at radius 3 is 2.50 bits per heavy atom. The molecule has 2 N–H and O–H groups in total. The molecule has 0 aliphatic heterocycles. The van der Waals surface area contributed by atoms with Gasteiger partial charge in [0.2, 0.25) is 0 Å². The maximum Gasteiger partial charge on any atom is 0.337 e. The Morgan fingerprint density at radius 1 is 1.36 bits per heavy atom. The molecule has 0 spiro atoms. The van der Waals surface area contributed by atoms with Gasteiger partial charge >= 0.3 is 5.97 Å². The van der Waals surface area contributed by atoms with E-state index in [4.69, 9.17) is 5.11 Å². The van der Waals surface area contributed by atoms with Crippen molar-refractivity contribution >= 4 is 5.97 Å². The Morgan fingerprint density at radius 2 is 2.21 bits per heavy atom. The second-order valence-electron chi connectivity index (χ2n) is 2.31. The van der Waals surface area contributed by atoms with Gasteiger partial charge in [0.25, 0.3) is 0 Å². The molecule has 0 bridgehead atoms. The van der Waals surface area contributed by atoms with Crippen molar-refractivity contribution in [2.75, 3.05) is 0 Å². The molecule has 5 heteroatoms. The molecule has 0 radical (unpaired) electrons. The molecule has 0 unspecified atom stereocenters. The zero-order chi connectivity index (χ0) is 10.2. The highest BCUT2D eigenvalue weighted by Gasteiger charge is 1.97. The first-order valence-corrected chi connectivity index (χ1v) is 3.87. The predicted octanol–water partition coefficient (Wildman–Crippen LogP) is 1.19. The number of carboxylic acids is 1. The Hall–Kier alpha value is -2.17. The van der Waals surface area contributed by atoms with E-state index in [0.29, 0.717) is 0 Å². The van der Waals surface area contributed by atoms with Crippen molar-refractivity contribution in [3.05, 3.63) is 48.8 Å². The first kappa shape index (κ1) is 9.91. The molecule has 0 aromatic carbocycles. The number of imidazole rings is 1. The van der Waals surface area contributed by atoms with Crippen LogP contribution in [0.25, 0.3) is 0 Å². The van der Waals surface area contributed by atoms with Crippen LogP contribution in [0.1, 0.15) is 10.4 Å². The summed E-state index contributed by atoms with van der Waals surface area (Å²) < 4.78 is 0. The minimum absolute atomic E-state index is 0.220. The van der Waals surface area contributed by atoms with Crippen LogP contribution < -0.4 is 0 Å². The maximum atomic E-state index is 10.2. The van der Waals surface area contributed by atoms with Crippen LogP contribution in [-0.4, -0.2) is 26.0 Å². The van der Waals surface area contributed by atoms with Crippen molar-refractivity contribution in [1.82, 2.24) is 15.0 Å². The predicted molar refractivity (Wildman–Crippen MR) is 49.8 cm³/mol. The van der Waals surface area contributed by atoms with Crippen molar-refractivity contribution < 1.29 is 9.90 Å². The summed E-state index contributed by atoms with van der Waals surface area (Å²) in [6.45, 7) is 0. The molecule has 72 valence electrons. The van der Waals surface area contributed by atoms with E-state index in [9.17, 15) is 4.79 Å². The molecule has 14 heavy (non-hydrogen) atoms. The van der Waals surface area contributed by atoms with E-state index >= 15 is 0 Å². The number of hydrogen-bond donors (Lipinski definition) is 2. The summed E-state index contributed by atoms with van der Waals surface area (Å²) in [4.78, 5) is 20.2. The van der Waals surface area contributed by atoms with Crippen LogP contribution in [0.15, 0.2) is 43.2 Å². The Labute approximate surface area is 80.5 Å². The average molecular weight is 191 g/mol. The highest BCUT2D eigenvalue weighted by molar-refractivity contribution is 5.86. The topological polar surface area (TPSA) is 78.9 Å². The largest absolute Gasteiger partial charge is 0.478 e. The van der Waals surface area contributed by atoms with E-state index in [1.807, 2.05) is 0 Å². The van der Waals surface area contributed by atoms with Crippen LogP contribution in [0.5, 0.6) is 0 Å². The number of hydrogen-bond acceptors (Lipinski definition) is 3. The molecule has 2 rings (SSSR count). The monoisotopic (exact) mass is 191 g/mol. The van der Waals surface area contributed by atoms with Gasteiger partial charge in [0.05, 0.1) is 11.9 Å². The molecule has 0 saturated carbocycles. The normalized spacial score (nSPS) is 8.57. The van der Waals surface area contributed by atoms with Crippen molar-refractivity contribution in [2.24, 2.45) is 0 Å². The lowest BCUT2D eigenvalue weighted by Gasteiger charge is -1.87. The van der Waals surface area contributed by atoms with Crippen LogP contribution >= 0.6 is 0 Å². The third-order valence-corrected chi connectivity index (χ3v) is 1.31. The van der Waals surface area contributed by atoms with Gasteiger partial charge in [-0.15, -0.1) is 0 Å². The van der Waals surface area contributed by atoms with Gasteiger partial charge in [-0.3, -0.25) is 4.98 Å². The quantitative estimate of drug-likeness (QED) is 0.709. The third kappa shape index (κ3) is 3.48. The van der Waals surface area contributed by atoms with Crippen molar-refractivity contribution in [1.29, 1.82) is 0 Å². The van der Waals surface area contributed by atoms with Crippen LogP contribution in [0.2, 0.25) is 0 Å². The van der Waals surface area contributed by atoms with E-state index in [1.54, 1.807) is 24.8 Å². The lowest BCUT2D eigenvalue weighted by molar-refractivity contribution is 0.0696. The van der Waals surface area contributed by atoms with E-state index in [1.165, 1.54) is 18.5 Å². The minimum Gasteiger partial charge on any atom is -0.478 e. The van der Waals surface area contributed by atoms with Crippen molar-refractivity contribution in [2.45, 2.75) is 0 Å². The third-order valence-electron chi connectivity index (χ3n) is 1.31. The summed E-state index contributed by atoms with van der Waals surface area (Å²) in [6, 6.07) is 3.08. The smallest absolute Gasteiger partial charge is 0.337 e. The summed E-state index contributed by atoms with van der Waals surface area (Å²) in [5.41, 5.74) is 0.220. The van der Waals surface area contributed by atoms with Gasteiger partial charge in [0.15, 0.2) is 0 Å². The molecule has 2 aromatic heterocycles. The zero-order valence-electron chi connectivity index (χ0n) is 7.29. The van der Waals surface area contributed by atoms with Crippen LogP contribution in [0.3, 0.4) is 0 Å². The van der Waals surface area contributed by atoms with Crippen LogP contribution in [-0.2, 0) is 0 Å². The fourth-order valence-electron chi connectivity index (χ4n) is 0.704. The number of carbonyl (C=O) groups is 1. The standard InChI is InChI=1S/C6H5NO2.C3H4N2/c8-6(9)5-2-1-3-7-4-5;1-2-5-3-4-1/h1-4H,(H,8,9);1-3H,(H,4,5). The molecule has 0 atom stereocenters. The summed E-state index contributed by atoms with van der Waals surface area (Å²) in [5, 5.41) is 8.34. The molecule has 5 nitrogen and oxygen atoms in total. The zero-order valence-corrected chi connectivity index (χ0v) is 7.29. The fourth-order valence-corrected chi connectivity index (χ4v) is 0.704. The molecule has 0 saturated heterocycles. The number of pyridine rings is 1. The van der Waals surface area contributed by atoms with Gasteiger partial charge in [-0.2, -0.15) is 0 Å². The molecule has 2 aromatic rings. The number of carboxylic acid groups (broad SMARTS) is 1. The van der Waals surface area contributed by atoms with Gasteiger partial charge in [-0.1, -0.05) is 0 Å². The van der Waals surface area contributed by atoms with E-state index in [-0.39, 0.29) is 5.56 Å². The lowest BCUT2D eigenvalue weighted by Crippen LogP contribution is -1.94. The van der Waals surface area contributed by atoms with Crippen LogP contribution in [0, 0.1) is 0 Å². The molecular formula is C9H9N3O2.